The summed E-state index contributed by atoms with van der Waals surface area (Å²) in [5, 5.41) is 8.49. The van der Waals surface area contributed by atoms with Crippen LogP contribution in [0.1, 0.15) is 0 Å². The Kier molecular flexibility index (Phi) is 7.60. The molecule has 0 saturated carbocycles. The number of amides is 1. The molecular weight excluding hydrogens is 399 g/mol. The summed E-state index contributed by atoms with van der Waals surface area (Å²) in [5.74, 6) is -0.787. The maximum atomic E-state index is 11.3. The lowest BCUT2D eigenvalue weighted by atomic mass is 10.3. The van der Waals surface area contributed by atoms with Gasteiger partial charge in [-0.3, -0.25) is 4.79 Å². The van der Waals surface area contributed by atoms with Gasteiger partial charge in [0.2, 0.25) is 9.70 Å². The first kappa shape index (κ1) is 18.9. The van der Waals surface area contributed by atoms with Crippen molar-refractivity contribution >= 4 is 86.9 Å². The second kappa shape index (κ2) is 8.46. The molecule has 0 bridgehead atoms. The minimum Gasteiger partial charge on any atom is -0.339 e. The number of nitrogens with one attached hydrogen (secondary N) is 3. The van der Waals surface area contributed by atoms with Crippen LogP contribution < -0.4 is 16.0 Å². The normalized spacial score (nSPS) is 12.4. The smallest absolute Gasteiger partial charge is 0.236 e. The van der Waals surface area contributed by atoms with Gasteiger partial charge in [0.1, 0.15) is 12.0 Å². The monoisotopic (exact) mass is 407 g/mol. The second-order valence-electron chi connectivity index (χ2n) is 3.75. The molecule has 0 radical (unpaired) electrons. The molecule has 0 fully saturated rings. The van der Waals surface area contributed by atoms with Crippen LogP contribution in [0.25, 0.3) is 0 Å². The number of para-hydroxylation sites is 1. The third-order valence-corrected chi connectivity index (χ3v) is 3.60. The molecule has 1 rings (SSSR count). The molecule has 116 valence electrons. The molecule has 1 atom stereocenters. The van der Waals surface area contributed by atoms with Gasteiger partial charge in [-0.1, -0.05) is 58.5 Å². The fourth-order valence-electron chi connectivity index (χ4n) is 1.25. The number of hydrogen-bond acceptors (Lipinski definition) is 2. The van der Waals surface area contributed by atoms with Gasteiger partial charge in [-0.05, 0) is 24.4 Å². The number of carbonyl (C=O) groups is 1. The molecule has 21 heavy (non-hydrogen) atoms. The van der Waals surface area contributed by atoms with Crippen LogP contribution in [0, 0.1) is 0 Å². The number of alkyl halides is 4. The molecule has 0 aliphatic rings. The van der Waals surface area contributed by atoms with Gasteiger partial charge in [-0.15, -0.1) is 11.6 Å². The van der Waals surface area contributed by atoms with Gasteiger partial charge in [-0.25, -0.2) is 0 Å². The summed E-state index contributed by atoms with van der Waals surface area (Å²) in [6, 6.07) is 6.96. The van der Waals surface area contributed by atoms with Gasteiger partial charge in [0.05, 0.1) is 10.7 Å². The SMILES string of the molecule is O=C(CCl)N[C@H](NC(=S)Nc1ccccc1Cl)C(Cl)(Cl)Cl. The van der Waals surface area contributed by atoms with Crippen LogP contribution in [0.5, 0.6) is 0 Å². The van der Waals surface area contributed by atoms with Crippen molar-refractivity contribution < 1.29 is 4.79 Å². The number of benzene rings is 1. The molecule has 10 heteroatoms. The summed E-state index contributed by atoms with van der Waals surface area (Å²) in [7, 11) is 0. The number of carbonyl (C=O) groups excluding carboxylic acids is 1. The summed E-state index contributed by atoms with van der Waals surface area (Å²) >= 11 is 33.8. The summed E-state index contributed by atoms with van der Waals surface area (Å²) in [5.41, 5.74) is 0.573. The predicted octanol–water partition coefficient (Wildman–Crippen LogP) is 3.68. The fourth-order valence-corrected chi connectivity index (χ4v) is 2.07. The number of thiocarbonyl (C=S) groups is 1. The summed E-state index contributed by atoms with van der Waals surface area (Å²) in [6.07, 6.45) is -1.06. The highest BCUT2D eigenvalue weighted by atomic mass is 35.6. The van der Waals surface area contributed by atoms with Crippen molar-refractivity contribution in [3.63, 3.8) is 0 Å². The minimum absolute atomic E-state index is 0.120. The number of anilines is 1. The first-order chi connectivity index (χ1) is 9.74. The Balaban J connectivity index is 2.73. The fraction of sp³-hybridized carbons (Fsp3) is 0.273. The van der Waals surface area contributed by atoms with Crippen LogP contribution in [-0.4, -0.2) is 26.9 Å². The van der Waals surface area contributed by atoms with Crippen LogP contribution in [0.15, 0.2) is 24.3 Å². The lowest BCUT2D eigenvalue weighted by Gasteiger charge is -2.27. The van der Waals surface area contributed by atoms with Crippen molar-refractivity contribution in [2.45, 2.75) is 9.96 Å². The molecular formula is C11H10Cl5N3OS. The molecule has 0 aliphatic heterocycles. The largest absolute Gasteiger partial charge is 0.339 e. The molecule has 0 aliphatic carbocycles. The predicted molar refractivity (Wildman–Crippen MR) is 93.7 cm³/mol. The summed E-state index contributed by atoms with van der Waals surface area (Å²) < 4.78 is -1.83. The Morgan fingerprint density at radius 2 is 1.86 bits per heavy atom. The van der Waals surface area contributed by atoms with Crippen LogP contribution >= 0.6 is 70.2 Å². The molecule has 1 aromatic carbocycles. The molecule has 0 saturated heterocycles. The first-order valence-electron chi connectivity index (χ1n) is 5.48. The van der Waals surface area contributed by atoms with Crippen molar-refractivity contribution in [3.05, 3.63) is 29.3 Å². The topological polar surface area (TPSA) is 53.2 Å². The van der Waals surface area contributed by atoms with E-state index in [0.29, 0.717) is 10.7 Å². The van der Waals surface area contributed by atoms with Gasteiger partial charge in [0.15, 0.2) is 5.11 Å². The number of halogens is 5. The summed E-state index contributed by atoms with van der Waals surface area (Å²) in [4.78, 5) is 11.3. The zero-order valence-electron chi connectivity index (χ0n) is 10.3. The Labute approximate surface area is 152 Å². The van der Waals surface area contributed by atoms with E-state index in [1.165, 1.54) is 0 Å². The Bertz CT molecular complexity index is 523. The molecule has 1 aromatic rings. The van der Waals surface area contributed by atoms with Gasteiger partial charge >= 0.3 is 0 Å². The van der Waals surface area contributed by atoms with E-state index in [2.05, 4.69) is 16.0 Å². The second-order valence-corrected chi connectivity index (χ2v) is 7.21. The quantitative estimate of drug-likeness (QED) is 0.403. The molecule has 0 heterocycles. The third kappa shape index (κ3) is 6.63. The number of rotatable bonds is 4. The van der Waals surface area contributed by atoms with E-state index in [-0.39, 0.29) is 11.0 Å². The van der Waals surface area contributed by atoms with Crippen LogP contribution in [0.2, 0.25) is 5.02 Å². The maximum Gasteiger partial charge on any atom is 0.236 e. The third-order valence-electron chi connectivity index (χ3n) is 2.15. The standard InChI is InChI=1S/C11H10Cl5N3OS/c12-5-8(20)18-9(11(14,15)16)19-10(21)17-7-4-2-1-3-6(7)13/h1-4,9H,5H2,(H,18,20)(H2,17,19,21)/t9-/m1/s1. The molecule has 4 nitrogen and oxygen atoms in total. The highest BCUT2D eigenvalue weighted by Gasteiger charge is 2.34. The molecule has 0 spiro atoms. The number of hydrogen-bond donors (Lipinski definition) is 3. The van der Waals surface area contributed by atoms with Crippen LogP contribution in [-0.2, 0) is 4.79 Å². The van der Waals surface area contributed by atoms with E-state index in [0.717, 1.165) is 0 Å². The highest BCUT2D eigenvalue weighted by molar-refractivity contribution is 7.80. The van der Waals surface area contributed by atoms with Crippen LogP contribution in [0.4, 0.5) is 5.69 Å². The van der Waals surface area contributed by atoms with Crippen molar-refractivity contribution in [1.29, 1.82) is 0 Å². The van der Waals surface area contributed by atoms with Gasteiger partial charge in [0.25, 0.3) is 0 Å². The Morgan fingerprint density at radius 3 is 2.38 bits per heavy atom. The van der Waals surface area contributed by atoms with E-state index >= 15 is 0 Å². The van der Waals surface area contributed by atoms with Gasteiger partial charge in [-0.2, -0.15) is 0 Å². The average Bonchev–Trinajstić information content (AvgIpc) is 2.39. The lowest BCUT2D eigenvalue weighted by Crippen LogP contribution is -2.56. The van der Waals surface area contributed by atoms with E-state index < -0.39 is 15.9 Å². The van der Waals surface area contributed by atoms with Crippen molar-refractivity contribution in [1.82, 2.24) is 10.6 Å². The first-order valence-corrected chi connectivity index (χ1v) is 7.93. The molecule has 0 aromatic heterocycles. The molecule has 0 unspecified atom stereocenters. The van der Waals surface area contributed by atoms with E-state index in [1.54, 1.807) is 24.3 Å². The Morgan fingerprint density at radius 1 is 1.24 bits per heavy atom. The van der Waals surface area contributed by atoms with Crippen LogP contribution in [0.3, 0.4) is 0 Å². The van der Waals surface area contributed by atoms with E-state index in [1.807, 2.05) is 0 Å². The molecule has 3 N–H and O–H groups in total. The molecule has 1 amide bonds. The maximum absolute atomic E-state index is 11.3. The highest BCUT2D eigenvalue weighted by Crippen LogP contribution is 2.29. The Hall–Kier alpha value is -0.170. The lowest BCUT2D eigenvalue weighted by molar-refractivity contribution is -0.119. The van der Waals surface area contributed by atoms with E-state index in [9.17, 15) is 4.79 Å². The average molecular weight is 410 g/mol. The van der Waals surface area contributed by atoms with Crippen molar-refractivity contribution in [2.24, 2.45) is 0 Å². The zero-order valence-corrected chi connectivity index (χ0v) is 14.9. The zero-order chi connectivity index (χ0) is 16.0. The van der Waals surface area contributed by atoms with Crippen molar-refractivity contribution in [3.8, 4) is 0 Å². The summed E-state index contributed by atoms with van der Waals surface area (Å²) in [6.45, 7) is 0. The van der Waals surface area contributed by atoms with Gasteiger partial charge in [0, 0.05) is 0 Å². The van der Waals surface area contributed by atoms with E-state index in [4.69, 9.17) is 70.2 Å². The van der Waals surface area contributed by atoms with Gasteiger partial charge < -0.3 is 16.0 Å². The van der Waals surface area contributed by atoms with Crippen molar-refractivity contribution in [2.75, 3.05) is 11.2 Å². The minimum atomic E-state index is -1.83.